The summed E-state index contributed by atoms with van der Waals surface area (Å²) in [6.07, 6.45) is 6.69. The minimum absolute atomic E-state index is 0.0958. The summed E-state index contributed by atoms with van der Waals surface area (Å²) in [6.45, 7) is 0. The van der Waals surface area contributed by atoms with Crippen molar-refractivity contribution in [2.45, 2.75) is 44.2 Å². The van der Waals surface area contributed by atoms with E-state index in [0.717, 1.165) is 22.9 Å². The van der Waals surface area contributed by atoms with E-state index in [1.54, 1.807) is 6.20 Å². The van der Waals surface area contributed by atoms with Gasteiger partial charge in [0.15, 0.2) is 0 Å². The van der Waals surface area contributed by atoms with Gasteiger partial charge in [-0.2, -0.15) is 0 Å². The van der Waals surface area contributed by atoms with Gasteiger partial charge in [0.25, 0.3) is 0 Å². The molecule has 2 aromatic rings. The quantitative estimate of drug-likeness (QED) is 0.912. The molecule has 4 rings (SSSR count). The van der Waals surface area contributed by atoms with Gasteiger partial charge >= 0.3 is 0 Å². The molecule has 1 aromatic carbocycles. The van der Waals surface area contributed by atoms with E-state index in [1.807, 2.05) is 30.3 Å². The Kier molecular flexibility index (Phi) is 3.15. The van der Waals surface area contributed by atoms with Crippen LogP contribution in [0.4, 0.5) is 0 Å². The van der Waals surface area contributed by atoms with Crippen LogP contribution in [0.3, 0.4) is 0 Å². The molecule has 2 aliphatic rings. The predicted octanol–water partition coefficient (Wildman–Crippen LogP) is 2.16. The maximum absolute atomic E-state index is 12.3. The van der Waals surface area contributed by atoms with Gasteiger partial charge in [0.1, 0.15) is 0 Å². The Morgan fingerprint density at radius 3 is 2.95 bits per heavy atom. The normalized spacial score (nSPS) is 25.5. The fraction of sp³-hybridized carbons (Fsp3) is 0.444. The molecule has 22 heavy (non-hydrogen) atoms. The number of amides is 1. The minimum Gasteiger partial charge on any atom is -0.352 e. The Morgan fingerprint density at radius 1 is 1.36 bits per heavy atom. The molecule has 2 aliphatic carbocycles. The lowest BCUT2D eigenvalue weighted by Gasteiger charge is -2.60. The van der Waals surface area contributed by atoms with E-state index in [4.69, 9.17) is 5.73 Å². The number of benzene rings is 1. The van der Waals surface area contributed by atoms with Gasteiger partial charge in [-0.25, -0.2) is 0 Å². The van der Waals surface area contributed by atoms with Crippen molar-refractivity contribution in [2.24, 2.45) is 11.1 Å². The first-order valence-electron chi connectivity index (χ1n) is 8.06. The first kappa shape index (κ1) is 13.7. The van der Waals surface area contributed by atoms with E-state index >= 15 is 0 Å². The molecule has 1 aromatic heterocycles. The number of pyridine rings is 1. The SMILES string of the molecule is NC1CC(NC(=O)Cc2ccc3cccnc3c2)C12CCC2. The lowest BCUT2D eigenvalue weighted by Crippen LogP contribution is -2.69. The average molecular weight is 295 g/mol. The van der Waals surface area contributed by atoms with Crippen molar-refractivity contribution in [3.63, 3.8) is 0 Å². The summed E-state index contributed by atoms with van der Waals surface area (Å²) in [5, 5.41) is 4.30. The molecule has 0 radical (unpaired) electrons. The van der Waals surface area contributed by atoms with Crippen LogP contribution in [-0.4, -0.2) is 23.0 Å². The van der Waals surface area contributed by atoms with Crippen LogP contribution >= 0.6 is 0 Å². The van der Waals surface area contributed by atoms with E-state index in [-0.39, 0.29) is 23.4 Å². The molecule has 4 heteroatoms. The summed E-state index contributed by atoms with van der Waals surface area (Å²) in [7, 11) is 0. The molecule has 1 heterocycles. The van der Waals surface area contributed by atoms with Crippen molar-refractivity contribution in [1.29, 1.82) is 0 Å². The third-order valence-electron chi connectivity index (χ3n) is 5.58. The molecule has 114 valence electrons. The molecular formula is C18H21N3O. The zero-order chi connectivity index (χ0) is 15.2. The van der Waals surface area contributed by atoms with Crippen molar-refractivity contribution in [2.75, 3.05) is 0 Å². The highest BCUT2D eigenvalue weighted by atomic mass is 16.1. The van der Waals surface area contributed by atoms with E-state index in [0.29, 0.717) is 6.42 Å². The Bertz CT molecular complexity index is 723. The molecule has 4 nitrogen and oxygen atoms in total. The Labute approximate surface area is 130 Å². The van der Waals surface area contributed by atoms with Crippen LogP contribution in [0.1, 0.15) is 31.2 Å². The topological polar surface area (TPSA) is 68.0 Å². The molecule has 2 unspecified atom stereocenters. The van der Waals surface area contributed by atoms with Crippen molar-refractivity contribution < 1.29 is 4.79 Å². The molecule has 1 amide bonds. The Hall–Kier alpha value is -1.94. The zero-order valence-corrected chi connectivity index (χ0v) is 12.6. The van der Waals surface area contributed by atoms with Gasteiger partial charge in [0.05, 0.1) is 11.9 Å². The molecule has 3 N–H and O–H groups in total. The van der Waals surface area contributed by atoms with Crippen LogP contribution in [-0.2, 0) is 11.2 Å². The van der Waals surface area contributed by atoms with Crippen molar-refractivity contribution in [3.8, 4) is 0 Å². The molecule has 1 spiro atoms. The van der Waals surface area contributed by atoms with Gasteiger partial charge in [0.2, 0.25) is 5.91 Å². The maximum atomic E-state index is 12.3. The summed E-state index contributed by atoms with van der Waals surface area (Å²) < 4.78 is 0. The lowest BCUT2D eigenvalue weighted by atomic mass is 9.50. The fourth-order valence-electron chi connectivity index (χ4n) is 3.98. The van der Waals surface area contributed by atoms with Crippen LogP contribution in [0, 0.1) is 5.41 Å². The molecule has 2 saturated carbocycles. The van der Waals surface area contributed by atoms with Crippen molar-refractivity contribution in [3.05, 3.63) is 42.1 Å². The number of aromatic nitrogens is 1. The van der Waals surface area contributed by atoms with Gasteiger partial charge in [-0.15, -0.1) is 0 Å². The van der Waals surface area contributed by atoms with Crippen LogP contribution in [0.2, 0.25) is 0 Å². The Morgan fingerprint density at radius 2 is 2.23 bits per heavy atom. The third-order valence-corrected chi connectivity index (χ3v) is 5.58. The largest absolute Gasteiger partial charge is 0.352 e. The number of nitrogens with one attached hydrogen (secondary N) is 1. The van der Waals surface area contributed by atoms with Gasteiger partial charge in [-0.1, -0.05) is 24.6 Å². The highest BCUT2D eigenvalue weighted by molar-refractivity contribution is 5.83. The molecule has 0 aliphatic heterocycles. The molecule has 2 fully saturated rings. The number of nitrogens with zero attached hydrogens (tertiary/aromatic N) is 1. The van der Waals surface area contributed by atoms with E-state index in [2.05, 4.69) is 10.3 Å². The summed E-state index contributed by atoms with van der Waals surface area (Å²) in [4.78, 5) is 16.7. The molecule has 2 atom stereocenters. The van der Waals surface area contributed by atoms with Crippen LogP contribution in [0.25, 0.3) is 10.9 Å². The van der Waals surface area contributed by atoms with Gasteiger partial charge in [-0.3, -0.25) is 9.78 Å². The second-order valence-corrected chi connectivity index (χ2v) is 6.76. The van der Waals surface area contributed by atoms with Crippen molar-refractivity contribution in [1.82, 2.24) is 10.3 Å². The first-order valence-corrected chi connectivity index (χ1v) is 8.06. The number of hydrogen-bond acceptors (Lipinski definition) is 3. The summed E-state index contributed by atoms with van der Waals surface area (Å²) >= 11 is 0. The maximum Gasteiger partial charge on any atom is 0.224 e. The smallest absolute Gasteiger partial charge is 0.224 e. The van der Waals surface area contributed by atoms with Gasteiger partial charge < -0.3 is 11.1 Å². The van der Waals surface area contributed by atoms with E-state index in [9.17, 15) is 4.79 Å². The zero-order valence-electron chi connectivity index (χ0n) is 12.6. The number of carbonyl (C=O) groups excluding carboxylic acids is 1. The fourth-order valence-corrected chi connectivity index (χ4v) is 3.98. The van der Waals surface area contributed by atoms with Crippen LogP contribution in [0.15, 0.2) is 36.5 Å². The predicted molar refractivity (Wildman–Crippen MR) is 86.3 cm³/mol. The average Bonchev–Trinajstić information content (AvgIpc) is 2.44. The number of nitrogens with two attached hydrogens (primary N) is 1. The molecule has 0 bridgehead atoms. The lowest BCUT2D eigenvalue weighted by molar-refractivity contribution is -0.127. The first-order chi connectivity index (χ1) is 10.7. The highest BCUT2D eigenvalue weighted by Gasteiger charge is 2.56. The van der Waals surface area contributed by atoms with E-state index in [1.165, 1.54) is 19.3 Å². The number of hydrogen-bond donors (Lipinski definition) is 2. The monoisotopic (exact) mass is 295 g/mol. The van der Waals surface area contributed by atoms with Gasteiger partial charge in [0, 0.05) is 29.1 Å². The molecular weight excluding hydrogens is 274 g/mol. The van der Waals surface area contributed by atoms with Crippen LogP contribution in [0.5, 0.6) is 0 Å². The Balaban J connectivity index is 1.43. The van der Waals surface area contributed by atoms with Crippen molar-refractivity contribution >= 4 is 16.8 Å². The van der Waals surface area contributed by atoms with Crippen LogP contribution < -0.4 is 11.1 Å². The number of carbonyl (C=O) groups is 1. The summed E-state index contributed by atoms with van der Waals surface area (Å²) in [5.41, 5.74) is 8.30. The summed E-state index contributed by atoms with van der Waals surface area (Å²) in [5.74, 6) is 0.0958. The molecule has 0 saturated heterocycles. The van der Waals surface area contributed by atoms with Gasteiger partial charge in [-0.05, 0) is 37.0 Å². The minimum atomic E-state index is 0.0958. The third kappa shape index (κ3) is 2.10. The summed E-state index contributed by atoms with van der Waals surface area (Å²) in [6, 6.07) is 10.5. The second kappa shape index (κ2) is 5.06. The standard InChI is InChI=1S/C18H21N3O/c19-15-11-16(18(15)6-2-7-18)21-17(22)10-12-4-5-13-3-1-8-20-14(13)9-12/h1,3-5,8-9,15-16H,2,6-7,10-11,19H2,(H,21,22). The number of rotatable bonds is 3. The highest BCUT2D eigenvalue weighted by Crippen LogP contribution is 2.55. The second-order valence-electron chi connectivity index (χ2n) is 6.76. The number of fused-ring (bicyclic) bond motifs is 1. The van der Waals surface area contributed by atoms with E-state index < -0.39 is 0 Å².